The van der Waals surface area contributed by atoms with E-state index in [2.05, 4.69) is 15.2 Å². The molecule has 10 heteroatoms. The average Bonchev–Trinajstić information content (AvgIpc) is 3.17. The van der Waals surface area contributed by atoms with Gasteiger partial charge in [-0.1, -0.05) is 5.16 Å². The molecule has 3 heterocycles. The maximum atomic E-state index is 12.5. The topological polar surface area (TPSA) is 80.2 Å². The van der Waals surface area contributed by atoms with Crippen molar-refractivity contribution in [2.75, 3.05) is 19.7 Å². The minimum atomic E-state index is -4.59. The van der Waals surface area contributed by atoms with E-state index in [4.69, 9.17) is 9.63 Å². The first-order chi connectivity index (χ1) is 11.5. The fraction of sp³-hybridized carbons (Fsp3) is 0.643. The summed E-state index contributed by atoms with van der Waals surface area (Å²) in [6.45, 7) is 2.09. The zero-order valence-electron chi connectivity index (χ0n) is 12.9. The second-order valence-corrected chi connectivity index (χ2v) is 5.81. The number of hydrogen-bond acceptors (Lipinski definition) is 6. The molecule has 1 saturated heterocycles. The molecule has 2 aromatic heterocycles. The number of piperidine rings is 1. The minimum absolute atomic E-state index is 0.0244. The molecule has 0 aromatic carbocycles. The lowest BCUT2D eigenvalue weighted by Gasteiger charge is -2.30. The molecule has 2 aromatic rings. The van der Waals surface area contributed by atoms with Gasteiger partial charge in [-0.3, -0.25) is 9.58 Å². The molecule has 0 bridgehead atoms. The Labute approximate surface area is 136 Å². The van der Waals surface area contributed by atoms with Crippen molar-refractivity contribution in [3.05, 3.63) is 29.7 Å². The molecule has 1 fully saturated rings. The number of rotatable bonds is 5. The van der Waals surface area contributed by atoms with Crippen molar-refractivity contribution in [3.8, 4) is 0 Å². The summed E-state index contributed by atoms with van der Waals surface area (Å²) in [6.07, 6.45) is -0.897. The highest BCUT2D eigenvalue weighted by atomic mass is 19.4. The van der Waals surface area contributed by atoms with Crippen LogP contribution in [-0.2, 0) is 19.3 Å². The number of halogens is 3. The Hall–Kier alpha value is -1.94. The molecule has 1 N–H and O–H groups in total. The Balaban J connectivity index is 1.62. The van der Waals surface area contributed by atoms with Crippen LogP contribution in [0.3, 0.4) is 0 Å². The SMILES string of the molecule is OCCn1ccc([C@H]2CCCN(Cc3nc(C(F)(F)F)no3)C2)n1. The first-order valence-electron chi connectivity index (χ1n) is 7.72. The molecule has 0 aliphatic carbocycles. The van der Waals surface area contributed by atoms with E-state index in [0.29, 0.717) is 13.1 Å². The summed E-state index contributed by atoms with van der Waals surface area (Å²) in [6, 6.07) is 1.91. The Morgan fingerprint density at radius 2 is 2.21 bits per heavy atom. The van der Waals surface area contributed by atoms with Crippen molar-refractivity contribution in [2.45, 2.75) is 38.0 Å². The van der Waals surface area contributed by atoms with Gasteiger partial charge in [0, 0.05) is 18.7 Å². The molecule has 0 saturated carbocycles. The summed E-state index contributed by atoms with van der Waals surface area (Å²) in [5, 5.41) is 16.3. The van der Waals surface area contributed by atoms with Crippen molar-refractivity contribution in [3.63, 3.8) is 0 Å². The molecule has 0 unspecified atom stereocenters. The summed E-state index contributed by atoms with van der Waals surface area (Å²) in [4.78, 5) is 5.40. The van der Waals surface area contributed by atoms with Crippen LogP contribution in [0.5, 0.6) is 0 Å². The van der Waals surface area contributed by atoms with Crippen LogP contribution in [0.2, 0.25) is 0 Å². The third-order valence-electron chi connectivity index (χ3n) is 3.99. The van der Waals surface area contributed by atoms with Gasteiger partial charge in [-0.05, 0) is 25.5 Å². The Bertz CT molecular complexity index is 669. The smallest absolute Gasteiger partial charge is 0.394 e. The normalized spacial score (nSPS) is 19.8. The molecule has 1 aliphatic heterocycles. The lowest BCUT2D eigenvalue weighted by Crippen LogP contribution is -2.34. The van der Waals surface area contributed by atoms with Gasteiger partial charge in [0.2, 0.25) is 5.89 Å². The number of alkyl halides is 3. The molecular weight excluding hydrogens is 327 g/mol. The van der Waals surface area contributed by atoms with E-state index in [-0.39, 0.29) is 25.0 Å². The monoisotopic (exact) mass is 345 g/mol. The first-order valence-corrected chi connectivity index (χ1v) is 7.72. The quantitative estimate of drug-likeness (QED) is 0.888. The number of aliphatic hydroxyl groups excluding tert-OH is 1. The molecule has 0 amide bonds. The third-order valence-corrected chi connectivity index (χ3v) is 3.99. The largest absolute Gasteiger partial charge is 0.455 e. The zero-order chi connectivity index (χ0) is 17.2. The van der Waals surface area contributed by atoms with E-state index >= 15 is 0 Å². The Morgan fingerprint density at radius 1 is 1.38 bits per heavy atom. The second kappa shape index (κ2) is 6.89. The molecule has 0 spiro atoms. The highest BCUT2D eigenvalue weighted by molar-refractivity contribution is 5.08. The fourth-order valence-electron chi connectivity index (χ4n) is 2.89. The summed E-state index contributed by atoms with van der Waals surface area (Å²) in [5.74, 6) is -1.08. The van der Waals surface area contributed by atoms with Crippen molar-refractivity contribution in [2.24, 2.45) is 0 Å². The van der Waals surface area contributed by atoms with Gasteiger partial charge < -0.3 is 9.63 Å². The zero-order valence-corrected chi connectivity index (χ0v) is 12.9. The van der Waals surface area contributed by atoms with Gasteiger partial charge in [-0.2, -0.15) is 23.3 Å². The lowest BCUT2D eigenvalue weighted by molar-refractivity contribution is -0.146. The van der Waals surface area contributed by atoms with Gasteiger partial charge in [0.15, 0.2) is 0 Å². The van der Waals surface area contributed by atoms with Gasteiger partial charge in [-0.15, -0.1) is 0 Å². The van der Waals surface area contributed by atoms with E-state index in [9.17, 15) is 13.2 Å². The highest BCUT2D eigenvalue weighted by Gasteiger charge is 2.37. The molecule has 1 aliphatic rings. The Morgan fingerprint density at radius 3 is 2.92 bits per heavy atom. The van der Waals surface area contributed by atoms with Crippen LogP contribution >= 0.6 is 0 Å². The molecule has 24 heavy (non-hydrogen) atoms. The number of aromatic nitrogens is 4. The van der Waals surface area contributed by atoms with Crippen LogP contribution in [0, 0.1) is 0 Å². The van der Waals surface area contributed by atoms with Crippen LogP contribution in [0.4, 0.5) is 13.2 Å². The summed E-state index contributed by atoms with van der Waals surface area (Å²) in [5.41, 5.74) is 0.926. The van der Waals surface area contributed by atoms with Gasteiger partial charge in [0.25, 0.3) is 5.82 Å². The number of likely N-dealkylation sites (tertiary alicyclic amines) is 1. The van der Waals surface area contributed by atoms with Crippen LogP contribution in [0.1, 0.15) is 36.2 Å². The van der Waals surface area contributed by atoms with Crippen molar-refractivity contribution >= 4 is 0 Å². The molecule has 1 atom stereocenters. The fourth-order valence-corrected chi connectivity index (χ4v) is 2.89. The molecule has 0 radical (unpaired) electrons. The van der Waals surface area contributed by atoms with Gasteiger partial charge in [0.1, 0.15) is 0 Å². The van der Waals surface area contributed by atoms with Crippen LogP contribution < -0.4 is 0 Å². The Kier molecular flexibility index (Phi) is 4.86. The van der Waals surface area contributed by atoms with E-state index in [0.717, 1.165) is 25.1 Å². The molecule has 132 valence electrons. The summed E-state index contributed by atoms with van der Waals surface area (Å²) < 4.78 is 43.9. The van der Waals surface area contributed by atoms with Gasteiger partial charge in [0.05, 0.1) is 25.4 Å². The summed E-state index contributed by atoms with van der Waals surface area (Å²) in [7, 11) is 0. The number of aliphatic hydroxyl groups is 1. The summed E-state index contributed by atoms with van der Waals surface area (Å²) >= 11 is 0. The lowest BCUT2D eigenvalue weighted by atomic mass is 9.95. The van der Waals surface area contributed by atoms with E-state index < -0.39 is 12.0 Å². The van der Waals surface area contributed by atoms with E-state index in [1.54, 1.807) is 4.68 Å². The van der Waals surface area contributed by atoms with E-state index in [1.807, 2.05) is 17.2 Å². The number of nitrogens with zero attached hydrogens (tertiary/aromatic N) is 5. The predicted octanol–water partition coefficient (Wildman–Crippen LogP) is 1.66. The van der Waals surface area contributed by atoms with Crippen molar-refractivity contribution in [1.82, 2.24) is 24.8 Å². The standard InChI is InChI=1S/C14H18F3N5O2/c15-14(16,17)13-18-12(24-20-13)9-21-4-1-2-10(8-21)11-3-5-22(19-11)6-7-23/h3,5,10,23H,1-2,4,6-9H2/t10-/m0/s1. The molecular formula is C14H18F3N5O2. The van der Waals surface area contributed by atoms with Crippen LogP contribution in [0.15, 0.2) is 16.8 Å². The van der Waals surface area contributed by atoms with E-state index in [1.165, 1.54) is 0 Å². The molecule has 3 rings (SSSR count). The minimum Gasteiger partial charge on any atom is -0.394 e. The third kappa shape index (κ3) is 3.93. The van der Waals surface area contributed by atoms with Crippen LogP contribution in [-0.4, -0.2) is 49.6 Å². The van der Waals surface area contributed by atoms with Gasteiger partial charge >= 0.3 is 6.18 Å². The second-order valence-electron chi connectivity index (χ2n) is 5.81. The number of hydrogen-bond donors (Lipinski definition) is 1. The predicted molar refractivity (Wildman–Crippen MR) is 75.9 cm³/mol. The van der Waals surface area contributed by atoms with Crippen LogP contribution in [0.25, 0.3) is 0 Å². The maximum Gasteiger partial charge on any atom is 0.455 e. The van der Waals surface area contributed by atoms with Crippen molar-refractivity contribution in [1.29, 1.82) is 0 Å². The van der Waals surface area contributed by atoms with Crippen molar-refractivity contribution < 1.29 is 22.8 Å². The molecule has 7 nitrogen and oxygen atoms in total. The first kappa shape index (κ1) is 16.9. The maximum absolute atomic E-state index is 12.5. The van der Waals surface area contributed by atoms with Gasteiger partial charge in [-0.25, -0.2) is 0 Å². The average molecular weight is 345 g/mol. The highest BCUT2D eigenvalue weighted by Crippen LogP contribution is 2.28.